The lowest BCUT2D eigenvalue weighted by Crippen LogP contribution is -2.34. The molecule has 0 N–H and O–H groups in total. The molecule has 2 heterocycles. The lowest BCUT2D eigenvalue weighted by Gasteiger charge is -2.25. The van der Waals surface area contributed by atoms with Gasteiger partial charge in [-0.15, -0.1) is 0 Å². The van der Waals surface area contributed by atoms with Gasteiger partial charge in [-0.3, -0.25) is 0 Å². The van der Waals surface area contributed by atoms with Gasteiger partial charge in [-0.2, -0.15) is 4.57 Å². The minimum atomic E-state index is 0.584. The first-order chi connectivity index (χ1) is 20.8. The summed E-state index contributed by atoms with van der Waals surface area (Å²) < 4.78 is 25.0. The van der Waals surface area contributed by atoms with E-state index in [9.17, 15) is 0 Å². The summed E-state index contributed by atoms with van der Waals surface area (Å²) in [6, 6.07) is 34.3. The molecule has 6 nitrogen and oxygen atoms in total. The summed E-state index contributed by atoms with van der Waals surface area (Å²) in [5, 5.41) is 0. The number of anilines is 1. The third kappa shape index (κ3) is 8.60. The minimum Gasteiger partial charge on any atom is -0.377 e. The van der Waals surface area contributed by atoms with Gasteiger partial charge in [-0.05, 0) is 47.5 Å². The van der Waals surface area contributed by atoms with Crippen molar-refractivity contribution in [2.24, 2.45) is 7.05 Å². The van der Waals surface area contributed by atoms with Crippen molar-refractivity contribution < 1.29 is 23.5 Å². The van der Waals surface area contributed by atoms with E-state index >= 15 is 0 Å². The first kappa shape index (κ1) is 29.7. The van der Waals surface area contributed by atoms with Gasteiger partial charge >= 0.3 is 0 Å². The molecule has 0 atom stereocenters. The highest BCUT2D eigenvalue weighted by Crippen LogP contribution is 2.24. The number of rotatable bonds is 5. The Morgan fingerprint density at radius 3 is 1.43 bits per heavy atom. The molecule has 0 radical (unpaired) electrons. The molecule has 6 heteroatoms. The van der Waals surface area contributed by atoms with Gasteiger partial charge < -0.3 is 23.8 Å². The van der Waals surface area contributed by atoms with Gasteiger partial charge in [0.2, 0.25) is 11.4 Å². The molecular weight excluding hydrogens is 524 g/mol. The van der Waals surface area contributed by atoms with Crippen molar-refractivity contribution in [2.45, 2.75) is 0 Å². The van der Waals surface area contributed by atoms with Crippen LogP contribution in [0.25, 0.3) is 34.7 Å². The zero-order valence-corrected chi connectivity index (χ0v) is 24.5. The summed E-state index contributed by atoms with van der Waals surface area (Å²) in [5.41, 5.74) is 8.19. The van der Waals surface area contributed by atoms with Crippen LogP contribution in [0.1, 0.15) is 11.1 Å². The second kappa shape index (κ2) is 16.0. The van der Waals surface area contributed by atoms with Crippen LogP contribution in [0.5, 0.6) is 0 Å². The fourth-order valence-corrected chi connectivity index (χ4v) is 5.02. The van der Waals surface area contributed by atoms with Gasteiger partial charge in [0.05, 0.1) is 52.9 Å². The molecule has 42 heavy (non-hydrogen) atoms. The summed E-state index contributed by atoms with van der Waals surface area (Å²) in [6.07, 6.45) is 4.38. The van der Waals surface area contributed by atoms with E-state index in [0.717, 1.165) is 29.9 Å². The van der Waals surface area contributed by atoms with Crippen LogP contribution in [-0.2, 0) is 26.0 Å². The normalized spacial score (nSPS) is 16.2. The van der Waals surface area contributed by atoms with Gasteiger partial charge in [-0.1, -0.05) is 60.7 Å². The first-order valence-corrected chi connectivity index (χ1v) is 14.8. The summed E-state index contributed by atoms with van der Waals surface area (Å²) >= 11 is 0. The van der Waals surface area contributed by atoms with Crippen molar-refractivity contribution in [1.82, 2.24) is 0 Å². The van der Waals surface area contributed by atoms with Crippen molar-refractivity contribution in [1.29, 1.82) is 0 Å². The van der Waals surface area contributed by atoms with Crippen molar-refractivity contribution in [3.05, 3.63) is 108 Å². The Balaban J connectivity index is 1.32. The smallest absolute Gasteiger partial charge is 0.213 e. The third-order valence-electron chi connectivity index (χ3n) is 7.32. The van der Waals surface area contributed by atoms with Crippen molar-refractivity contribution in [2.75, 3.05) is 70.8 Å². The highest BCUT2D eigenvalue weighted by Gasteiger charge is 2.18. The standard InChI is InChI=1S/C36H41N2O4/c1-37-35(32-8-4-2-5-9-32)28-31(29-36(37)33-10-6-3-7-11-33)13-12-30-14-16-34(17-15-30)38-18-20-39-22-24-41-26-27-42-25-23-40-21-19-38/h2-17,28-29H,18-27H2,1H3/q+1. The number of nitrogens with zero attached hydrogens (tertiary/aromatic N) is 2. The molecule has 5 rings (SSSR count). The summed E-state index contributed by atoms with van der Waals surface area (Å²) in [6.45, 7) is 6.37. The van der Waals surface area contributed by atoms with Gasteiger partial charge in [0.25, 0.3) is 0 Å². The zero-order chi connectivity index (χ0) is 28.8. The van der Waals surface area contributed by atoms with E-state index in [1.54, 1.807) is 0 Å². The summed E-state index contributed by atoms with van der Waals surface area (Å²) in [5.74, 6) is 0. The van der Waals surface area contributed by atoms with E-state index < -0.39 is 0 Å². The number of hydrogen-bond donors (Lipinski definition) is 0. The Hall–Kier alpha value is -3.81. The zero-order valence-electron chi connectivity index (χ0n) is 24.5. The Morgan fingerprint density at radius 1 is 0.524 bits per heavy atom. The molecule has 1 aliphatic heterocycles. The average molecular weight is 566 g/mol. The average Bonchev–Trinajstić information content (AvgIpc) is 3.05. The van der Waals surface area contributed by atoms with Crippen LogP contribution in [0.2, 0.25) is 0 Å². The number of hydrogen-bond acceptors (Lipinski definition) is 5. The topological polar surface area (TPSA) is 44.0 Å². The van der Waals surface area contributed by atoms with Crippen molar-refractivity contribution in [3.8, 4) is 22.5 Å². The van der Waals surface area contributed by atoms with Crippen LogP contribution in [0.3, 0.4) is 0 Å². The number of ether oxygens (including phenoxy) is 4. The fourth-order valence-electron chi connectivity index (χ4n) is 5.02. The van der Waals surface area contributed by atoms with Gasteiger partial charge in [0.15, 0.2) is 0 Å². The van der Waals surface area contributed by atoms with E-state index in [1.807, 2.05) is 0 Å². The Labute approximate surface area is 249 Å². The maximum absolute atomic E-state index is 5.80. The molecule has 1 aliphatic rings. The van der Waals surface area contributed by atoms with E-state index in [0.29, 0.717) is 52.9 Å². The van der Waals surface area contributed by atoms with Crippen LogP contribution in [0.15, 0.2) is 97.1 Å². The lowest BCUT2D eigenvalue weighted by molar-refractivity contribution is -0.649. The molecule has 218 valence electrons. The van der Waals surface area contributed by atoms with Crippen molar-refractivity contribution >= 4 is 17.8 Å². The maximum atomic E-state index is 5.80. The van der Waals surface area contributed by atoms with Crippen LogP contribution < -0.4 is 9.47 Å². The highest BCUT2D eigenvalue weighted by molar-refractivity contribution is 5.74. The SMILES string of the molecule is C[n+]1c(-c2ccccc2)cc(/C=C/c2ccc(N3CCOCCOCCOCCOCC3)cc2)cc1-c1ccccc1. The predicted molar refractivity (Wildman–Crippen MR) is 169 cm³/mol. The lowest BCUT2D eigenvalue weighted by atomic mass is 10.0. The number of pyridine rings is 1. The van der Waals surface area contributed by atoms with E-state index in [1.165, 1.54) is 22.5 Å². The third-order valence-corrected chi connectivity index (χ3v) is 7.32. The molecule has 0 saturated carbocycles. The van der Waals surface area contributed by atoms with Crippen LogP contribution in [0.4, 0.5) is 5.69 Å². The Morgan fingerprint density at radius 2 is 0.952 bits per heavy atom. The second-order valence-corrected chi connectivity index (χ2v) is 10.2. The quantitative estimate of drug-likeness (QED) is 0.282. The van der Waals surface area contributed by atoms with E-state index in [-0.39, 0.29) is 0 Å². The molecule has 4 aromatic rings. The van der Waals surface area contributed by atoms with Gasteiger partial charge in [0, 0.05) is 42.0 Å². The molecular formula is C36H41N2O4+. The Kier molecular flexibility index (Phi) is 11.3. The van der Waals surface area contributed by atoms with Crippen LogP contribution >= 0.6 is 0 Å². The molecule has 1 aromatic heterocycles. The maximum Gasteiger partial charge on any atom is 0.213 e. The molecule has 3 aromatic carbocycles. The fraction of sp³-hybridized carbons (Fsp3) is 0.306. The van der Waals surface area contributed by atoms with E-state index in [2.05, 4.69) is 126 Å². The highest BCUT2D eigenvalue weighted by atomic mass is 16.6. The largest absolute Gasteiger partial charge is 0.377 e. The van der Waals surface area contributed by atoms with Gasteiger partial charge in [0.1, 0.15) is 7.05 Å². The van der Waals surface area contributed by atoms with Crippen LogP contribution in [0, 0.1) is 0 Å². The monoisotopic (exact) mass is 565 g/mol. The molecule has 0 amide bonds. The van der Waals surface area contributed by atoms with Crippen molar-refractivity contribution in [3.63, 3.8) is 0 Å². The molecule has 1 saturated heterocycles. The molecule has 0 unspecified atom stereocenters. The molecule has 0 aliphatic carbocycles. The molecule has 0 spiro atoms. The minimum absolute atomic E-state index is 0.584. The number of aromatic nitrogens is 1. The molecule has 1 fully saturated rings. The van der Waals surface area contributed by atoms with E-state index in [4.69, 9.17) is 18.9 Å². The summed E-state index contributed by atoms with van der Waals surface area (Å²) in [7, 11) is 2.14. The second-order valence-electron chi connectivity index (χ2n) is 10.2. The molecule has 0 bridgehead atoms. The van der Waals surface area contributed by atoms with Crippen LogP contribution in [-0.4, -0.2) is 65.9 Å². The number of benzene rings is 3. The van der Waals surface area contributed by atoms with Gasteiger partial charge in [-0.25, -0.2) is 0 Å². The predicted octanol–water partition coefficient (Wildman–Crippen LogP) is 5.90. The summed E-state index contributed by atoms with van der Waals surface area (Å²) in [4.78, 5) is 2.31. The Bertz CT molecular complexity index is 1310. The first-order valence-electron chi connectivity index (χ1n) is 14.8.